The molecule has 1 aromatic rings. The topological polar surface area (TPSA) is 86.0 Å². The van der Waals surface area contributed by atoms with Gasteiger partial charge in [-0.2, -0.15) is 28.1 Å². The van der Waals surface area contributed by atoms with Gasteiger partial charge in [-0.05, 0) is 6.42 Å². The van der Waals surface area contributed by atoms with Crippen molar-refractivity contribution in [3.8, 4) is 6.01 Å². The first-order chi connectivity index (χ1) is 8.40. The van der Waals surface area contributed by atoms with Crippen LogP contribution < -0.4 is 15.8 Å². The summed E-state index contributed by atoms with van der Waals surface area (Å²) in [7, 11) is 0. The van der Waals surface area contributed by atoms with Gasteiger partial charge in [0.15, 0.2) is 0 Å². The van der Waals surface area contributed by atoms with Crippen molar-refractivity contribution in [2.24, 2.45) is 0 Å². The largest absolute Gasteiger partial charge is 0.463 e. The highest BCUT2D eigenvalue weighted by Gasteiger charge is 2.26. The van der Waals surface area contributed by atoms with Crippen LogP contribution in [0.4, 0.5) is 25.1 Å². The van der Waals surface area contributed by atoms with E-state index in [4.69, 9.17) is 10.5 Å². The lowest BCUT2D eigenvalue weighted by molar-refractivity contribution is -0.131. The van der Waals surface area contributed by atoms with Crippen LogP contribution in [0.2, 0.25) is 0 Å². The van der Waals surface area contributed by atoms with Crippen molar-refractivity contribution in [1.29, 1.82) is 0 Å². The Balaban J connectivity index is 2.57. The van der Waals surface area contributed by atoms with Crippen LogP contribution in [-0.4, -0.2) is 34.3 Å². The monoisotopic (exact) mass is 265 g/mol. The van der Waals surface area contributed by atoms with E-state index in [9.17, 15) is 13.2 Å². The number of nitrogen functional groups attached to an aromatic ring is 1. The summed E-state index contributed by atoms with van der Waals surface area (Å²) >= 11 is 0. The van der Waals surface area contributed by atoms with E-state index in [0.29, 0.717) is 6.61 Å². The zero-order chi connectivity index (χ0) is 13.6. The number of nitrogens with two attached hydrogens (primary N) is 1. The second-order valence-corrected chi connectivity index (χ2v) is 3.44. The second-order valence-electron chi connectivity index (χ2n) is 3.44. The van der Waals surface area contributed by atoms with Crippen molar-refractivity contribution in [2.45, 2.75) is 25.9 Å². The summed E-state index contributed by atoms with van der Waals surface area (Å²) in [6.07, 6.45) is -4.46. The molecule has 0 spiro atoms. The fraction of sp³-hybridized carbons (Fsp3) is 0.667. The van der Waals surface area contributed by atoms with Crippen molar-refractivity contribution in [3.05, 3.63) is 0 Å². The van der Waals surface area contributed by atoms with Gasteiger partial charge >= 0.3 is 12.2 Å². The molecular weight excluding hydrogens is 251 g/mol. The Hall–Kier alpha value is -1.80. The summed E-state index contributed by atoms with van der Waals surface area (Å²) in [5, 5.41) is 2.42. The Labute approximate surface area is 102 Å². The van der Waals surface area contributed by atoms with Crippen LogP contribution in [0.3, 0.4) is 0 Å². The van der Waals surface area contributed by atoms with Gasteiger partial charge in [0.25, 0.3) is 0 Å². The van der Waals surface area contributed by atoms with Gasteiger partial charge < -0.3 is 15.8 Å². The van der Waals surface area contributed by atoms with Crippen molar-refractivity contribution >= 4 is 11.9 Å². The highest BCUT2D eigenvalue weighted by Crippen LogP contribution is 2.19. The molecule has 0 atom stereocenters. The fourth-order valence-electron chi connectivity index (χ4n) is 1.03. The van der Waals surface area contributed by atoms with Crippen molar-refractivity contribution in [2.75, 3.05) is 24.2 Å². The summed E-state index contributed by atoms with van der Waals surface area (Å²) in [6, 6.07) is -0.00106. The number of anilines is 2. The summed E-state index contributed by atoms with van der Waals surface area (Å²) in [5.74, 6) is -0.136. The maximum atomic E-state index is 11.9. The first-order valence-corrected chi connectivity index (χ1v) is 5.35. The molecule has 0 aromatic carbocycles. The number of aromatic nitrogens is 3. The van der Waals surface area contributed by atoms with Gasteiger partial charge in [-0.25, -0.2) is 0 Å². The molecule has 102 valence electrons. The Kier molecular flexibility index (Phi) is 4.93. The van der Waals surface area contributed by atoms with Gasteiger partial charge in [-0.1, -0.05) is 6.92 Å². The number of hydrogen-bond donors (Lipinski definition) is 2. The molecule has 3 N–H and O–H groups in total. The zero-order valence-corrected chi connectivity index (χ0v) is 9.79. The van der Waals surface area contributed by atoms with Gasteiger partial charge in [0.2, 0.25) is 11.9 Å². The number of ether oxygens (including phenoxy) is 1. The third kappa shape index (κ3) is 5.51. The highest BCUT2D eigenvalue weighted by atomic mass is 19.4. The predicted octanol–water partition coefficient (Wildman–Crippen LogP) is 1.61. The lowest BCUT2D eigenvalue weighted by atomic mass is 10.4. The van der Waals surface area contributed by atoms with Crippen LogP contribution >= 0.6 is 0 Å². The molecule has 0 unspecified atom stereocenters. The zero-order valence-electron chi connectivity index (χ0n) is 9.79. The molecule has 6 nitrogen and oxygen atoms in total. The van der Waals surface area contributed by atoms with E-state index in [1.54, 1.807) is 0 Å². The average Bonchev–Trinajstić information content (AvgIpc) is 2.24. The Morgan fingerprint density at radius 2 is 2.00 bits per heavy atom. The Morgan fingerprint density at radius 1 is 1.28 bits per heavy atom. The van der Waals surface area contributed by atoms with Crippen LogP contribution in [-0.2, 0) is 0 Å². The van der Waals surface area contributed by atoms with E-state index in [0.717, 1.165) is 6.42 Å². The lowest BCUT2D eigenvalue weighted by Crippen LogP contribution is -2.16. The third-order valence-corrected chi connectivity index (χ3v) is 1.76. The third-order valence-electron chi connectivity index (χ3n) is 1.76. The van der Waals surface area contributed by atoms with Crippen molar-refractivity contribution in [1.82, 2.24) is 15.0 Å². The molecule has 0 radical (unpaired) electrons. The molecule has 0 aliphatic heterocycles. The minimum atomic E-state index is -4.23. The second kappa shape index (κ2) is 6.22. The van der Waals surface area contributed by atoms with Crippen molar-refractivity contribution < 1.29 is 17.9 Å². The van der Waals surface area contributed by atoms with Gasteiger partial charge in [0, 0.05) is 6.54 Å². The summed E-state index contributed by atoms with van der Waals surface area (Å²) in [6.45, 7) is 1.96. The molecular formula is C9H14F3N5O. The quantitative estimate of drug-likeness (QED) is 0.812. The van der Waals surface area contributed by atoms with E-state index < -0.39 is 12.6 Å². The molecule has 9 heteroatoms. The number of nitrogens with one attached hydrogen (secondary N) is 1. The molecule has 1 heterocycles. The van der Waals surface area contributed by atoms with E-state index >= 15 is 0 Å². The molecule has 0 saturated carbocycles. The molecule has 0 amide bonds. The molecule has 18 heavy (non-hydrogen) atoms. The summed E-state index contributed by atoms with van der Waals surface area (Å²) in [4.78, 5) is 11.1. The van der Waals surface area contributed by atoms with Crippen LogP contribution in [0.5, 0.6) is 6.01 Å². The van der Waals surface area contributed by atoms with E-state index in [1.165, 1.54) is 0 Å². The smallest absolute Gasteiger partial charge is 0.390 e. The summed E-state index contributed by atoms with van der Waals surface area (Å²) in [5.41, 5.74) is 5.38. The summed E-state index contributed by atoms with van der Waals surface area (Å²) < 4.78 is 40.9. The SMILES string of the molecule is CCCOc1nc(N)nc(NCCC(F)(F)F)n1. The number of hydrogen-bond acceptors (Lipinski definition) is 6. The van der Waals surface area contributed by atoms with Crippen LogP contribution in [0.15, 0.2) is 0 Å². The van der Waals surface area contributed by atoms with Crippen LogP contribution in [0, 0.1) is 0 Å². The molecule has 0 saturated heterocycles. The Bertz CT molecular complexity index is 385. The maximum Gasteiger partial charge on any atom is 0.390 e. The average molecular weight is 265 g/mol. The molecule has 0 fully saturated rings. The number of halogens is 3. The lowest BCUT2D eigenvalue weighted by Gasteiger charge is -2.09. The first kappa shape index (κ1) is 14.3. The minimum absolute atomic E-state index is 0.00106. The number of alkyl halides is 3. The normalized spacial score (nSPS) is 11.3. The fourth-order valence-corrected chi connectivity index (χ4v) is 1.03. The standard InChI is InChI=1S/C9H14F3N5O/c1-2-5-18-8-16-6(13)15-7(17-8)14-4-3-9(10,11)12/h2-5H2,1H3,(H3,13,14,15,16,17). The predicted molar refractivity (Wildman–Crippen MR) is 59.2 cm³/mol. The van der Waals surface area contributed by atoms with Gasteiger partial charge in [0.05, 0.1) is 13.0 Å². The molecule has 0 aliphatic rings. The maximum absolute atomic E-state index is 11.9. The van der Waals surface area contributed by atoms with E-state index in [1.807, 2.05) is 6.92 Å². The highest BCUT2D eigenvalue weighted by molar-refractivity contribution is 5.32. The molecule has 1 rings (SSSR count). The van der Waals surface area contributed by atoms with Gasteiger partial charge in [0.1, 0.15) is 0 Å². The van der Waals surface area contributed by atoms with Gasteiger partial charge in [-0.3, -0.25) is 0 Å². The van der Waals surface area contributed by atoms with Gasteiger partial charge in [-0.15, -0.1) is 0 Å². The Morgan fingerprint density at radius 3 is 2.61 bits per heavy atom. The van der Waals surface area contributed by atoms with E-state index in [2.05, 4.69) is 20.3 Å². The van der Waals surface area contributed by atoms with E-state index in [-0.39, 0.29) is 24.5 Å². The molecule has 1 aromatic heterocycles. The number of rotatable bonds is 6. The first-order valence-electron chi connectivity index (χ1n) is 5.35. The molecule has 0 bridgehead atoms. The van der Waals surface area contributed by atoms with Crippen LogP contribution in [0.25, 0.3) is 0 Å². The van der Waals surface area contributed by atoms with Crippen molar-refractivity contribution in [3.63, 3.8) is 0 Å². The minimum Gasteiger partial charge on any atom is -0.463 e. The van der Waals surface area contributed by atoms with Crippen LogP contribution in [0.1, 0.15) is 19.8 Å². The molecule has 0 aliphatic carbocycles. The number of nitrogens with zero attached hydrogens (tertiary/aromatic N) is 3.